The van der Waals surface area contributed by atoms with Crippen molar-refractivity contribution in [3.8, 4) is 0 Å². The number of hydrogen-bond acceptors (Lipinski definition) is 3. The third-order valence-corrected chi connectivity index (χ3v) is 0. The molecule has 32 valence electrons. The Bertz CT molecular complexity index is 19.7. The number of hydrogen-bond donors (Lipinski definition) is 0. The van der Waals surface area contributed by atoms with E-state index in [4.69, 9.17) is 14.7 Å². The van der Waals surface area contributed by atoms with Crippen molar-refractivity contribution in [3.05, 3.63) is 0 Å². The van der Waals surface area contributed by atoms with E-state index < -0.39 is 8.60 Å². The second-order valence-corrected chi connectivity index (χ2v) is 0.671. The van der Waals surface area contributed by atoms with Crippen LogP contribution in [-0.4, -0.2) is 63.0 Å². The zero-order chi connectivity index (χ0) is 3.58. The summed E-state index contributed by atoms with van der Waals surface area (Å²) >= 11 is 0. The minimum atomic E-state index is -3.37. The van der Waals surface area contributed by atoms with Crippen molar-refractivity contribution < 1.29 is 14.7 Å². The first-order valence-corrected chi connectivity index (χ1v) is 1.64. The molecule has 3 nitrogen and oxygen atoms in total. The molecule has 0 saturated carbocycles. The van der Waals surface area contributed by atoms with E-state index in [0.29, 0.717) is 0 Å². The Labute approximate surface area is 85.5 Å². The second kappa shape index (κ2) is 15.8. The van der Waals surface area contributed by atoms with Crippen LogP contribution in [0.15, 0.2) is 0 Å². The maximum atomic E-state index is 8.48. The van der Waals surface area contributed by atoms with Gasteiger partial charge in [0.05, 0.1) is 0 Å². The molecule has 0 amide bonds. The molecule has 0 aliphatic heterocycles. The van der Waals surface area contributed by atoms with Crippen LogP contribution in [0.3, 0.4) is 0 Å². The van der Waals surface area contributed by atoms with Crippen LogP contribution in [0, 0.1) is 0 Å². The maximum Gasteiger partial charge on any atom is 3.00 e. The first-order chi connectivity index (χ1) is 1.73. The molecular formula is AlGaInO3P. The van der Waals surface area contributed by atoms with Gasteiger partial charge >= 0.3 is 25.8 Å². The van der Waals surface area contributed by atoms with E-state index in [1.54, 1.807) is 0 Å². The molecule has 0 aromatic carbocycles. The Hall–Kier alpha value is 2.35. The summed E-state index contributed by atoms with van der Waals surface area (Å²) < 4.78 is 0. The van der Waals surface area contributed by atoms with Crippen molar-refractivity contribution in [3.63, 3.8) is 0 Å². The van der Waals surface area contributed by atoms with Crippen LogP contribution in [0.5, 0.6) is 0 Å². The smallest absolute Gasteiger partial charge is 0.854 e. The summed E-state index contributed by atoms with van der Waals surface area (Å²) in [6, 6.07) is 0. The van der Waals surface area contributed by atoms with Gasteiger partial charge in [-0.1, -0.05) is 0 Å². The van der Waals surface area contributed by atoms with Crippen molar-refractivity contribution in [2.24, 2.45) is 0 Å². The van der Waals surface area contributed by atoms with Crippen LogP contribution >= 0.6 is 8.60 Å². The molecule has 0 aliphatic carbocycles. The summed E-state index contributed by atoms with van der Waals surface area (Å²) in [7, 11) is -3.37. The van der Waals surface area contributed by atoms with Gasteiger partial charge < -0.3 is 23.3 Å². The van der Waals surface area contributed by atoms with Crippen LogP contribution < -0.4 is 14.7 Å². The summed E-state index contributed by atoms with van der Waals surface area (Å²) in [6.07, 6.45) is 0. The molecule has 0 N–H and O–H groups in total. The molecule has 0 rings (SSSR count). The average molecular weight is 290 g/mol. The van der Waals surface area contributed by atoms with Gasteiger partial charge in [0, 0.05) is 37.2 Å². The molecule has 6 radical (unpaired) electrons. The first-order valence-electron chi connectivity index (χ1n) is 0.548. The molecule has 0 heterocycles. The fourth-order valence-electron chi connectivity index (χ4n) is 0. The van der Waals surface area contributed by atoms with E-state index in [-0.39, 0.29) is 63.0 Å². The monoisotopic (exact) mass is 290 g/mol. The number of rotatable bonds is 0. The van der Waals surface area contributed by atoms with E-state index in [0.717, 1.165) is 0 Å². The summed E-state index contributed by atoms with van der Waals surface area (Å²) in [5, 5.41) is 0. The van der Waals surface area contributed by atoms with Crippen LogP contribution in [-0.2, 0) is 0 Å². The van der Waals surface area contributed by atoms with Gasteiger partial charge in [-0.2, -0.15) is 0 Å². The largest absolute Gasteiger partial charge is 3.00 e. The quantitative estimate of drug-likeness (QED) is 0.339. The van der Waals surface area contributed by atoms with Crippen LogP contribution in [0.1, 0.15) is 0 Å². The molecule has 0 aromatic heterocycles. The SMILES string of the molecule is [Al].[Ga].[In+3].[O-]P([O-])[O-]. The molecule has 0 bridgehead atoms. The molecule has 7 heavy (non-hydrogen) atoms. The van der Waals surface area contributed by atoms with E-state index in [1.165, 1.54) is 0 Å². The topological polar surface area (TPSA) is 69.2 Å². The van der Waals surface area contributed by atoms with Crippen molar-refractivity contribution in [1.29, 1.82) is 0 Å². The van der Waals surface area contributed by atoms with Crippen LogP contribution in [0.2, 0.25) is 0 Å². The zero-order valence-electron chi connectivity index (χ0n) is 3.40. The Morgan fingerprint density at radius 2 is 1.00 bits per heavy atom. The minimum Gasteiger partial charge on any atom is -0.854 e. The van der Waals surface area contributed by atoms with E-state index in [1.807, 2.05) is 0 Å². The van der Waals surface area contributed by atoms with Crippen LogP contribution in [0.4, 0.5) is 0 Å². The van der Waals surface area contributed by atoms with Gasteiger partial charge in [0.1, 0.15) is 0 Å². The predicted molar refractivity (Wildman–Crippen MR) is 24.2 cm³/mol. The maximum absolute atomic E-state index is 8.48. The van der Waals surface area contributed by atoms with Gasteiger partial charge in [-0.25, -0.2) is 0 Å². The Morgan fingerprint density at radius 3 is 1.00 bits per heavy atom. The molecule has 0 spiro atoms. The fourth-order valence-corrected chi connectivity index (χ4v) is 0. The van der Waals surface area contributed by atoms with Crippen molar-refractivity contribution in [2.75, 3.05) is 0 Å². The summed E-state index contributed by atoms with van der Waals surface area (Å²) in [5.41, 5.74) is 0. The van der Waals surface area contributed by atoms with Gasteiger partial charge in [-0.15, -0.1) is 0 Å². The Kier molecular flexibility index (Phi) is 51.3. The molecule has 0 unspecified atom stereocenters. The Morgan fingerprint density at radius 1 is 1.00 bits per heavy atom. The Balaban J connectivity index is -0.0000000150. The minimum absolute atomic E-state index is 0. The standard InChI is InChI=1S/Al.Ga.In.O3P/c;;;1-4(2)3/q;;+3;-3. The summed E-state index contributed by atoms with van der Waals surface area (Å²) in [5.74, 6) is 0. The summed E-state index contributed by atoms with van der Waals surface area (Å²) in [4.78, 5) is 25.4. The van der Waals surface area contributed by atoms with Gasteiger partial charge in [0.15, 0.2) is 0 Å². The first kappa shape index (κ1) is 22.8. The zero-order valence-corrected chi connectivity index (χ0v) is 11.2. The third kappa shape index (κ3) is 61.0. The van der Waals surface area contributed by atoms with E-state index >= 15 is 0 Å². The molecule has 0 fully saturated rings. The molecule has 0 atom stereocenters. The molecule has 7 heteroatoms. The van der Waals surface area contributed by atoms with Crippen LogP contribution in [0.25, 0.3) is 0 Å². The van der Waals surface area contributed by atoms with E-state index in [2.05, 4.69) is 0 Å². The third-order valence-electron chi connectivity index (χ3n) is 0. The van der Waals surface area contributed by atoms with Crippen molar-refractivity contribution in [1.82, 2.24) is 0 Å². The second-order valence-electron chi connectivity index (χ2n) is 0.224. The summed E-state index contributed by atoms with van der Waals surface area (Å²) in [6.45, 7) is 0. The fraction of sp³-hybridized carbons (Fsp3) is 0. The predicted octanol–water partition coefficient (Wildman–Crippen LogP) is -3.85. The molecular weight excluding hydrogens is 290 g/mol. The van der Waals surface area contributed by atoms with Crippen molar-refractivity contribution >= 4 is 71.6 Å². The molecule has 0 aromatic rings. The van der Waals surface area contributed by atoms with Gasteiger partial charge in [0.25, 0.3) is 0 Å². The van der Waals surface area contributed by atoms with Gasteiger partial charge in [-0.3, -0.25) is 0 Å². The van der Waals surface area contributed by atoms with Gasteiger partial charge in [0.2, 0.25) is 0 Å². The van der Waals surface area contributed by atoms with Gasteiger partial charge in [-0.05, 0) is 0 Å². The molecule has 0 aliphatic rings. The van der Waals surface area contributed by atoms with Crippen molar-refractivity contribution in [2.45, 2.75) is 0 Å². The van der Waals surface area contributed by atoms with E-state index in [9.17, 15) is 0 Å². The normalized spacial score (nSPS) is 5.14. The average Bonchev–Trinajstić information content (AvgIpc) is 0.811. The molecule has 0 saturated heterocycles.